The van der Waals surface area contributed by atoms with E-state index in [2.05, 4.69) is 31.0 Å². The van der Waals surface area contributed by atoms with Gasteiger partial charge in [-0.2, -0.15) is 10.2 Å². The molecule has 0 fully saturated rings. The van der Waals surface area contributed by atoms with E-state index in [1.807, 2.05) is 27.7 Å². The molecule has 3 nitrogen and oxygen atoms in total. The van der Waals surface area contributed by atoms with Crippen molar-refractivity contribution in [2.75, 3.05) is 0 Å². The Morgan fingerprint density at radius 1 is 0.933 bits per heavy atom. The van der Waals surface area contributed by atoms with Crippen LogP contribution >= 0.6 is 0 Å². The first-order chi connectivity index (χ1) is 6.38. The number of rotatable bonds is 2. The Hall–Kier alpha value is -0.440. The Morgan fingerprint density at radius 3 is 1.60 bits per heavy atom. The lowest BCUT2D eigenvalue weighted by Gasteiger charge is -2.33. The molecule has 0 bridgehead atoms. The zero-order chi connectivity index (χ0) is 12.5. The fourth-order valence-corrected chi connectivity index (χ4v) is 0.522. The average molecular weight is 214 g/mol. The monoisotopic (exact) mass is 214 g/mol. The molecule has 0 heterocycles. The first-order valence-electron chi connectivity index (χ1n) is 5.52. The molecular formula is C12H26N2O. The van der Waals surface area contributed by atoms with Gasteiger partial charge >= 0.3 is 0 Å². The third kappa shape index (κ3) is 4.29. The molecule has 0 saturated carbocycles. The molecule has 0 aromatic carbocycles. The standard InChI is InChI=1S/C12H26N2O/c1-9(10(2,3)4)13-14-12(8,15)11(5,6)7/h9,15H,1-8H3. The van der Waals surface area contributed by atoms with Gasteiger partial charge < -0.3 is 5.11 Å². The second-order valence-corrected chi connectivity index (χ2v) is 6.53. The Balaban J connectivity index is 4.68. The maximum Gasteiger partial charge on any atom is 0.178 e. The number of hydrogen-bond acceptors (Lipinski definition) is 3. The summed E-state index contributed by atoms with van der Waals surface area (Å²) < 4.78 is 0. The zero-order valence-electron chi connectivity index (χ0n) is 11.4. The van der Waals surface area contributed by atoms with Gasteiger partial charge in [-0.15, -0.1) is 0 Å². The van der Waals surface area contributed by atoms with E-state index in [4.69, 9.17) is 0 Å². The highest BCUT2D eigenvalue weighted by molar-refractivity contribution is 4.84. The molecule has 2 atom stereocenters. The molecule has 0 spiro atoms. The van der Waals surface area contributed by atoms with Crippen LogP contribution in [0, 0.1) is 10.8 Å². The van der Waals surface area contributed by atoms with Gasteiger partial charge in [0, 0.05) is 5.41 Å². The van der Waals surface area contributed by atoms with Crippen LogP contribution in [0.3, 0.4) is 0 Å². The highest BCUT2D eigenvalue weighted by atomic mass is 16.3. The second-order valence-electron chi connectivity index (χ2n) is 6.53. The molecule has 90 valence electrons. The minimum Gasteiger partial charge on any atom is -0.367 e. The second kappa shape index (κ2) is 4.20. The van der Waals surface area contributed by atoms with Crippen LogP contribution in [-0.4, -0.2) is 16.9 Å². The summed E-state index contributed by atoms with van der Waals surface area (Å²) in [7, 11) is 0. The first kappa shape index (κ1) is 14.6. The molecule has 0 aromatic heterocycles. The lowest BCUT2D eigenvalue weighted by atomic mass is 9.85. The van der Waals surface area contributed by atoms with Crippen LogP contribution in [0.2, 0.25) is 0 Å². The summed E-state index contributed by atoms with van der Waals surface area (Å²) in [5.74, 6) is 0. The van der Waals surface area contributed by atoms with Gasteiger partial charge in [-0.05, 0) is 19.3 Å². The van der Waals surface area contributed by atoms with Crippen LogP contribution in [0.15, 0.2) is 10.2 Å². The minimum absolute atomic E-state index is 0.0808. The van der Waals surface area contributed by atoms with Crippen LogP contribution in [0.4, 0.5) is 0 Å². The van der Waals surface area contributed by atoms with Gasteiger partial charge in [-0.1, -0.05) is 41.5 Å². The topological polar surface area (TPSA) is 45.0 Å². The summed E-state index contributed by atoms with van der Waals surface area (Å²) in [4.78, 5) is 0. The maximum absolute atomic E-state index is 10.1. The summed E-state index contributed by atoms with van der Waals surface area (Å²) >= 11 is 0. The summed E-state index contributed by atoms with van der Waals surface area (Å²) in [6, 6.07) is 0.103. The van der Waals surface area contributed by atoms with Gasteiger partial charge in [0.2, 0.25) is 0 Å². The van der Waals surface area contributed by atoms with E-state index in [0.717, 1.165) is 0 Å². The Kier molecular flexibility index (Phi) is 4.08. The van der Waals surface area contributed by atoms with Crippen molar-refractivity contribution in [2.45, 2.75) is 67.2 Å². The molecule has 0 rings (SSSR count). The van der Waals surface area contributed by atoms with Crippen LogP contribution in [-0.2, 0) is 0 Å². The Labute approximate surface area is 94.0 Å². The summed E-state index contributed by atoms with van der Waals surface area (Å²) in [5, 5.41) is 18.4. The van der Waals surface area contributed by atoms with Gasteiger partial charge in [0.15, 0.2) is 5.72 Å². The lowest BCUT2D eigenvalue weighted by molar-refractivity contribution is -0.0411. The zero-order valence-corrected chi connectivity index (χ0v) is 11.4. The Morgan fingerprint density at radius 2 is 1.33 bits per heavy atom. The highest BCUT2D eigenvalue weighted by Gasteiger charge is 2.35. The van der Waals surface area contributed by atoms with Gasteiger partial charge in [0.25, 0.3) is 0 Å². The van der Waals surface area contributed by atoms with Crippen molar-refractivity contribution in [2.24, 2.45) is 21.1 Å². The number of azo groups is 1. The number of nitrogens with zero attached hydrogens (tertiary/aromatic N) is 2. The quantitative estimate of drug-likeness (QED) is 0.701. The van der Waals surface area contributed by atoms with E-state index < -0.39 is 5.72 Å². The largest absolute Gasteiger partial charge is 0.367 e. The molecule has 0 aromatic rings. The molecule has 0 aliphatic rings. The summed E-state index contributed by atoms with van der Waals surface area (Å²) in [6.07, 6.45) is 0. The molecule has 0 aliphatic carbocycles. The molecule has 0 amide bonds. The predicted octanol–water partition coefficient (Wildman–Crippen LogP) is 3.63. The van der Waals surface area contributed by atoms with Crippen molar-refractivity contribution in [3.63, 3.8) is 0 Å². The Bertz CT molecular complexity index is 231. The van der Waals surface area contributed by atoms with Gasteiger partial charge in [0.1, 0.15) is 0 Å². The van der Waals surface area contributed by atoms with E-state index in [1.165, 1.54) is 0 Å². The van der Waals surface area contributed by atoms with E-state index in [1.54, 1.807) is 6.92 Å². The van der Waals surface area contributed by atoms with E-state index in [9.17, 15) is 5.11 Å². The molecule has 0 radical (unpaired) electrons. The van der Waals surface area contributed by atoms with Crippen molar-refractivity contribution in [1.82, 2.24) is 0 Å². The number of hydrogen-bond donors (Lipinski definition) is 1. The van der Waals surface area contributed by atoms with E-state index in [-0.39, 0.29) is 16.9 Å². The smallest absolute Gasteiger partial charge is 0.178 e. The van der Waals surface area contributed by atoms with Gasteiger partial charge in [-0.3, -0.25) is 0 Å². The average Bonchev–Trinajstić information content (AvgIpc) is 1.96. The summed E-state index contributed by atoms with van der Waals surface area (Å²) in [6.45, 7) is 15.9. The van der Waals surface area contributed by atoms with Crippen molar-refractivity contribution < 1.29 is 5.11 Å². The number of aliphatic hydroxyl groups is 1. The van der Waals surface area contributed by atoms with Crippen LogP contribution in [0.1, 0.15) is 55.4 Å². The minimum atomic E-state index is -1.10. The van der Waals surface area contributed by atoms with Crippen molar-refractivity contribution in [3.05, 3.63) is 0 Å². The molecule has 3 heteroatoms. The maximum atomic E-state index is 10.1. The molecule has 15 heavy (non-hydrogen) atoms. The normalized spacial score (nSPS) is 20.3. The fourth-order valence-electron chi connectivity index (χ4n) is 0.522. The molecule has 1 N–H and O–H groups in total. The van der Waals surface area contributed by atoms with Crippen LogP contribution in [0.25, 0.3) is 0 Å². The molecule has 0 aliphatic heterocycles. The molecule has 2 unspecified atom stereocenters. The van der Waals surface area contributed by atoms with Crippen molar-refractivity contribution >= 4 is 0 Å². The highest BCUT2D eigenvalue weighted by Crippen LogP contribution is 2.32. The van der Waals surface area contributed by atoms with Crippen molar-refractivity contribution in [1.29, 1.82) is 0 Å². The van der Waals surface area contributed by atoms with Crippen LogP contribution < -0.4 is 0 Å². The predicted molar refractivity (Wildman–Crippen MR) is 63.9 cm³/mol. The first-order valence-corrected chi connectivity index (χ1v) is 5.52. The van der Waals surface area contributed by atoms with Gasteiger partial charge in [-0.25, -0.2) is 0 Å². The fraction of sp³-hybridized carbons (Fsp3) is 1.00. The van der Waals surface area contributed by atoms with Crippen molar-refractivity contribution in [3.8, 4) is 0 Å². The SMILES string of the molecule is CC(N=NC(C)(O)C(C)(C)C)C(C)(C)C. The van der Waals surface area contributed by atoms with E-state index >= 15 is 0 Å². The molecular weight excluding hydrogens is 188 g/mol. The lowest BCUT2D eigenvalue weighted by Crippen LogP contribution is -2.37. The third-order valence-electron chi connectivity index (χ3n) is 3.10. The van der Waals surface area contributed by atoms with Crippen LogP contribution in [0.5, 0.6) is 0 Å². The molecule has 0 saturated heterocycles. The van der Waals surface area contributed by atoms with Gasteiger partial charge in [0.05, 0.1) is 6.04 Å². The third-order valence-corrected chi connectivity index (χ3v) is 3.10. The van der Waals surface area contributed by atoms with E-state index in [0.29, 0.717) is 0 Å². The summed E-state index contributed by atoms with van der Waals surface area (Å²) in [5.41, 5.74) is -1.32.